The number of likely N-dealkylation sites (N-methyl/N-ethyl adjacent to an activating group) is 1. The van der Waals surface area contributed by atoms with Gasteiger partial charge in [-0.25, -0.2) is 4.98 Å². The summed E-state index contributed by atoms with van der Waals surface area (Å²) in [5.74, 6) is -0.0659. The van der Waals surface area contributed by atoms with Gasteiger partial charge in [0.1, 0.15) is 0 Å². The van der Waals surface area contributed by atoms with E-state index in [-0.39, 0.29) is 5.91 Å². The monoisotopic (exact) mass is 309 g/mol. The number of halogens is 1. The number of hydrogen-bond acceptors (Lipinski definition) is 4. The lowest BCUT2D eigenvalue weighted by Crippen LogP contribution is -2.29. The van der Waals surface area contributed by atoms with Crippen LogP contribution in [0.5, 0.6) is 0 Å². The molecule has 0 spiro atoms. The molecule has 0 saturated heterocycles. The number of rotatable bonds is 5. The average molecular weight is 310 g/mol. The van der Waals surface area contributed by atoms with E-state index in [0.717, 1.165) is 11.3 Å². The van der Waals surface area contributed by atoms with E-state index in [9.17, 15) is 4.79 Å². The van der Waals surface area contributed by atoms with E-state index in [0.29, 0.717) is 23.2 Å². The summed E-state index contributed by atoms with van der Waals surface area (Å²) in [7, 11) is 1.90. The number of carbonyl (C=O) groups is 1. The Labute approximate surface area is 127 Å². The Morgan fingerprint density at radius 2 is 2.30 bits per heavy atom. The molecule has 20 heavy (non-hydrogen) atoms. The standard InChI is InChI=1S/C14H16ClN3OS/c1-10-9-20-14(16-10)17-13(19)8-18(2)7-11-4-3-5-12(15)6-11/h3-6,9H,7-8H2,1-2H3,(H,16,17,19). The van der Waals surface area contributed by atoms with E-state index in [2.05, 4.69) is 10.3 Å². The molecule has 1 amide bonds. The number of anilines is 1. The fourth-order valence-corrected chi connectivity index (χ4v) is 2.74. The van der Waals surface area contributed by atoms with Crippen molar-refractivity contribution in [3.8, 4) is 0 Å². The van der Waals surface area contributed by atoms with Crippen LogP contribution in [0.1, 0.15) is 11.3 Å². The van der Waals surface area contributed by atoms with Gasteiger partial charge < -0.3 is 5.32 Å². The summed E-state index contributed by atoms with van der Waals surface area (Å²) in [4.78, 5) is 18.0. The summed E-state index contributed by atoms with van der Waals surface area (Å²) in [6.45, 7) is 2.88. The highest BCUT2D eigenvalue weighted by molar-refractivity contribution is 7.13. The number of benzene rings is 1. The maximum Gasteiger partial charge on any atom is 0.240 e. The van der Waals surface area contributed by atoms with Crippen molar-refractivity contribution in [2.75, 3.05) is 18.9 Å². The maximum absolute atomic E-state index is 11.9. The zero-order valence-electron chi connectivity index (χ0n) is 11.4. The molecule has 0 atom stereocenters. The van der Waals surface area contributed by atoms with Gasteiger partial charge in [0, 0.05) is 16.9 Å². The van der Waals surface area contributed by atoms with Crippen LogP contribution in [0, 0.1) is 6.92 Å². The fourth-order valence-electron chi connectivity index (χ4n) is 1.82. The zero-order valence-corrected chi connectivity index (χ0v) is 13.0. The average Bonchev–Trinajstić information content (AvgIpc) is 2.74. The molecule has 1 aromatic heterocycles. The minimum atomic E-state index is -0.0659. The Bertz CT molecular complexity index is 600. The molecule has 6 heteroatoms. The van der Waals surface area contributed by atoms with E-state index in [1.54, 1.807) is 0 Å². The highest BCUT2D eigenvalue weighted by atomic mass is 35.5. The van der Waals surface area contributed by atoms with Gasteiger partial charge in [0.15, 0.2) is 5.13 Å². The Balaban J connectivity index is 1.84. The summed E-state index contributed by atoms with van der Waals surface area (Å²) in [5, 5.41) is 6.05. The molecule has 2 aromatic rings. The molecule has 4 nitrogen and oxygen atoms in total. The third kappa shape index (κ3) is 4.59. The van der Waals surface area contributed by atoms with E-state index in [4.69, 9.17) is 11.6 Å². The lowest BCUT2D eigenvalue weighted by Gasteiger charge is -2.15. The van der Waals surface area contributed by atoms with Crippen molar-refractivity contribution in [1.82, 2.24) is 9.88 Å². The van der Waals surface area contributed by atoms with E-state index in [1.165, 1.54) is 11.3 Å². The second kappa shape index (κ2) is 6.83. The predicted octanol–water partition coefficient (Wildman–Crippen LogP) is 3.18. The molecule has 1 aromatic carbocycles. The molecule has 2 rings (SSSR count). The molecule has 0 fully saturated rings. The van der Waals surface area contributed by atoms with Crippen LogP contribution in [0.2, 0.25) is 5.02 Å². The molecule has 1 heterocycles. The van der Waals surface area contributed by atoms with Gasteiger partial charge in [-0.2, -0.15) is 0 Å². The van der Waals surface area contributed by atoms with Gasteiger partial charge in [0.25, 0.3) is 0 Å². The van der Waals surface area contributed by atoms with Crippen LogP contribution in [-0.2, 0) is 11.3 Å². The van der Waals surface area contributed by atoms with Crippen LogP contribution < -0.4 is 5.32 Å². The minimum absolute atomic E-state index is 0.0659. The first-order chi connectivity index (χ1) is 9.52. The molecule has 0 aliphatic carbocycles. The Morgan fingerprint density at radius 1 is 1.50 bits per heavy atom. The lowest BCUT2D eigenvalue weighted by molar-refractivity contribution is -0.117. The number of carbonyl (C=O) groups excluding carboxylic acids is 1. The summed E-state index contributed by atoms with van der Waals surface area (Å²) >= 11 is 7.37. The topological polar surface area (TPSA) is 45.2 Å². The van der Waals surface area contributed by atoms with Crippen molar-refractivity contribution in [2.45, 2.75) is 13.5 Å². The summed E-state index contributed by atoms with van der Waals surface area (Å²) in [6, 6.07) is 7.64. The van der Waals surface area contributed by atoms with Gasteiger partial charge in [-0.3, -0.25) is 9.69 Å². The smallest absolute Gasteiger partial charge is 0.240 e. The number of thiazole rings is 1. The lowest BCUT2D eigenvalue weighted by atomic mass is 10.2. The summed E-state index contributed by atoms with van der Waals surface area (Å²) < 4.78 is 0. The van der Waals surface area contributed by atoms with E-state index >= 15 is 0 Å². The van der Waals surface area contributed by atoms with Crippen molar-refractivity contribution < 1.29 is 4.79 Å². The Hall–Kier alpha value is -1.43. The van der Waals surface area contributed by atoms with Crippen LogP contribution in [0.4, 0.5) is 5.13 Å². The molecule has 0 aliphatic heterocycles. The highest BCUT2D eigenvalue weighted by Gasteiger charge is 2.09. The molecule has 0 aliphatic rings. The number of amides is 1. The Morgan fingerprint density at radius 3 is 2.95 bits per heavy atom. The van der Waals surface area contributed by atoms with Crippen molar-refractivity contribution in [1.29, 1.82) is 0 Å². The second-order valence-electron chi connectivity index (χ2n) is 4.64. The van der Waals surface area contributed by atoms with Crippen molar-refractivity contribution in [3.05, 3.63) is 45.9 Å². The zero-order chi connectivity index (χ0) is 14.5. The third-order valence-electron chi connectivity index (χ3n) is 2.62. The first-order valence-corrected chi connectivity index (χ1v) is 7.43. The minimum Gasteiger partial charge on any atom is -0.301 e. The van der Waals surface area contributed by atoms with Crippen molar-refractivity contribution in [3.63, 3.8) is 0 Å². The van der Waals surface area contributed by atoms with Crippen LogP contribution in [-0.4, -0.2) is 29.4 Å². The van der Waals surface area contributed by atoms with E-state index < -0.39 is 0 Å². The largest absolute Gasteiger partial charge is 0.301 e. The number of hydrogen-bond donors (Lipinski definition) is 1. The molecule has 1 N–H and O–H groups in total. The van der Waals surface area contributed by atoms with Gasteiger partial charge in [0.05, 0.1) is 12.2 Å². The van der Waals surface area contributed by atoms with Crippen LogP contribution in [0.3, 0.4) is 0 Å². The molecule has 0 unspecified atom stereocenters. The molecule has 0 saturated carbocycles. The van der Waals surface area contributed by atoms with Gasteiger partial charge in [-0.05, 0) is 31.7 Å². The number of nitrogens with one attached hydrogen (secondary N) is 1. The fraction of sp³-hybridized carbons (Fsp3) is 0.286. The van der Waals surface area contributed by atoms with E-state index in [1.807, 2.05) is 48.5 Å². The van der Waals surface area contributed by atoms with Crippen LogP contribution in [0.25, 0.3) is 0 Å². The molecule has 0 radical (unpaired) electrons. The normalized spacial score (nSPS) is 10.8. The SMILES string of the molecule is Cc1csc(NC(=O)CN(C)Cc2cccc(Cl)c2)n1. The molecule has 0 bridgehead atoms. The van der Waals surface area contributed by atoms with Gasteiger partial charge in [-0.15, -0.1) is 11.3 Å². The number of nitrogens with zero attached hydrogens (tertiary/aromatic N) is 2. The molecule has 106 valence electrons. The summed E-state index contributed by atoms with van der Waals surface area (Å²) in [5.41, 5.74) is 2.00. The Kier molecular flexibility index (Phi) is 5.11. The summed E-state index contributed by atoms with van der Waals surface area (Å²) in [6.07, 6.45) is 0. The van der Waals surface area contributed by atoms with Gasteiger partial charge in [-0.1, -0.05) is 23.7 Å². The maximum atomic E-state index is 11.9. The van der Waals surface area contributed by atoms with Crippen LogP contribution in [0.15, 0.2) is 29.6 Å². The highest BCUT2D eigenvalue weighted by Crippen LogP contribution is 2.15. The second-order valence-corrected chi connectivity index (χ2v) is 5.94. The van der Waals surface area contributed by atoms with Gasteiger partial charge >= 0.3 is 0 Å². The van der Waals surface area contributed by atoms with Gasteiger partial charge in [0.2, 0.25) is 5.91 Å². The molecular weight excluding hydrogens is 294 g/mol. The first-order valence-electron chi connectivity index (χ1n) is 6.18. The molecular formula is C14H16ClN3OS. The predicted molar refractivity (Wildman–Crippen MR) is 83.3 cm³/mol. The quantitative estimate of drug-likeness (QED) is 0.922. The number of aromatic nitrogens is 1. The van der Waals surface area contributed by atoms with Crippen LogP contribution >= 0.6 is 22.9 Å². The van der Waals surface area contributed by atoms with Crippen molar-refractivity contribution in [2.24, 2.45) is 0 Å². The first kappa shape index (κ1) is 15.0. The van der Waals surface area contributed by atoms with Crippen molar-refractivity contribution >= 4 is 34.0 Å². The number of aryl methyl sites for hydroxylation is 1. The third-order valence-corrected chi connectivity index (χ3v) is 3.73.